The maximum absolute atomic E-state index is 6.11. The van der Waals surface area contributed by atoms with E-state index in [0.29, 0.717) is 17.2 Å². The van der Waals surface area contributed by atoms with Gasteiger partial charge in [-0.25, -0.2) is 0 Å². The van der Waals surface area contributed by atoms with Gasteiger partial charge in [-0.2, -0.15) is 4.98 Å². The molecule has 1 aliphatic carbocycles. The summed E-state index contributed by atoms with van der Waals surface area (Å²) in [5.74, 6) is 2.04. The van der Waals surface area contributed by atoms with Crippen molar-refractivity contribution in [2.75, 3.05) is 11.9 Å². The standard InChI is InChI=1S/C14H22ClN3O/c1-10(2)19-14-9-16-8-13(18-14)17-7-11-3-5-12(15)6-4-11/h8-12H,3-7H2,1-2H3,(H,17,18). The number of nitrogens with zero attached hydrogens (tertiary/aromatic N) is 2. The highest BCUT2D eigenvalue weighted by atomic mass is 35.5. The highest BCUT2D eigenvalue weighted by Crippen LogP contribution is 2.27. The van der Waals surface area contributed by atoms with E-state index < -0.39 is 0 Å². The van der Waals surface area contributed by atoms with E-state index in [1.165, 1.54) is 12.8 Å². The number of aromatic nitrogens is 2. The van der Waals surface area contributed by atoms with Gasteiger partial charge in [-0.3, -0.25) is 4.98 Å². The Morgan fingerprint density at radius 1 is 1.32 bits per heavy atom. The van der Waals surface area contributed by atoms with Crippen molar-refractivity contribution in [3.05, 3.63) is 12.4 Å². The maximum Gasteiger partial charge on any atom is 0.234 e. The number of nitrogens with one attached hydrogen (secondary N) is 1. The molecule has 0 amide bonds. The first-order valence-corrected chi connectivity index (χ1v) is 7.43. The van der Waals surface area contributed by atoms with E-state index in [-0.39, 0.29) is 6.10 Å². The summed E-state index contributed by atoms with van der Waals surface area (Å²) >= 11 is 6.11. The second kappa shape index (κ2) is 6.94. The summed E-state index contributed by atoms with van der Waals surface area (Å²) in [6, 6.07) is 0. The molecule has 0 bridgehead atoms. The highest BCUT2D eigenvalue weighted by molar-refractivity contribution is 6.20. The van der Waals surface area contributed by atoms with Gasteiger partial charge in [-0.1, -0.05) is 0 Å². The van der Waals surface area contributed by atoms with Gasteiger partial charge in [-0.05, 0) is 45.4 Å². The minimum atomic E-state index is 0.114. The Morgan fingerprint density at radius 2 is 2.05 bits per heavy atom. The van der Waals surface area contributed by atoms with Crippen LogP contribution in [0.15, 0.2) is 12.4 Å². The van der Waals surface area contributed by atoms with Crippen molar-refractivity contribution in [2.24, 2.45) is 5.92 Å². The summed E-state index contributed by atoms with van der Waals surface area (Å²) in [4.78, 5) is 8.53. The molecule has 0 aliphatic heterocycles. The lowest BCUT2D eigenvalue weighted by Crippen LogP contribution is -2.21. The predicted octanol–water partition coefficient (Wildman–Crippen LogP) is 3.47. The van der Waals surface area contributed by atoms with Gasteiger partial charge in [0.1, 0.15) is 5.82 Å². The first-order valence-electron chi connectivity index (χ1n) is 7.00. The van der Waals surface area contributed by atoms with Crippen LogP contribution < -0.4 is 10.1 Å². The highest BCUT2D eigenvalue weighted by Gasteiger charge is 2.19. The zero-order valence-electron chi connectivity index (χ0n) is 11.6. The normalized spacial score (nSPS) is 23.4. The van der Waals surface area contributed by atoms with E-state index >= 15 is 0 Å². The summed E-state index contributed by atoms with van der Waals surface area (Å²) in [5, 5.41) is 3.72. The van der Waals surface area contributed by atoms with Crippen molar-refractivity contribution in [2.45, 2.75) is 51.0 Å². The van der Waals surface area contributed by atoms with Crippen LogP contribution in [0.2, 0.25) is 0 Å². The van der Waals surface area contributed by atoms with Gasteiger partial charge < -0.3 is 10.1 Å². The van der Waals surface area contributed by atoms with Gasteiger partial charge in [0, 0.05) is 11.9 Å². The molecule has 1 N–H and O–H groups in total. The maximum atomic E-state index is 6.11. The van der Waals surface area contributed by atoms with Crippen molar-refractivity contribution < 1.29 is 4.74 Å². The number of rotatable bonds is 5. The molecule has 1 aromatic rings. The van der Waals surface area contributed by atoms with E-state index in [9.17, 15) is 0 Å². The number of anilines is 1. The van der Waals surface area contributed by atoms with E-state index in [4.69, 9.17) is 16.3 Å². The third-order valence-electron chi connectivity index (χ3n) is 3.32. The third-order valence-corrected chi connectivity index (χ3v) is 3.75. The Bertz CT molecular complexity index is 392. The average Bonchev–Trinajstić information content (AvgIpc) is 2.38. The molecule has 0 spiro atoms. The number of hydrogen-bond acceptors (Lipinski definition) is 4. The van der Waals surface area contributed by atoms with Gasteiger partial charge in [0.25, 0.3) is 0 Å². The van der Waals surface area contributed by atoms with Gasteiger partial charge in [0.2, 0.25) is 5.88 Å². The van der Waals surface area contributed by atoms with Gasteiger partial charge in [0.15, 0.2) is 0 Å². The molecule has 4 nitrogen and oxygen atoms in total. The van der Waals surface area contributed by atoms with Crippen LogP contribution >= 0.6 is 11.6 Å². The molecule has 1 aliphatic rings. The molecule has 0 saturated heterocycles. The fourth-order valence-corrected chi connectivity index (χ4v) is 2.56. The number of hydrogen-bond donors (Lipinski definition) is 1. The summed E-state index contributed by atoms with van der Waals surface area (Å²) in [6.07, 6.45) is 8.12. The van der Waals surface area contributed by atoms with E-state index in [1.807, 2.05) is 13.8 Å². The zero-order chi connectivity index (χ0) is 13.7. The van der Waals surface area contributed by atoms with E-state index in [2.05, 4.69) is 15.3 Å². The van der Waals surface area contributed by atoms with E-state index in [1.54, 1.807) is 12.4 Å². The van der Waals surface area contributed by atoms with Crippen molar-refractivity contribution in [1.82, 2.24) is 9.97 Å². The second-order valence-corrected chi connectivity index (χ2v) is 6.03. The molecule has 1 heterocycles. The van der Waals surface area contributed by atoms with Crippen molar-refractivity contribution in [3.8, 4) is 5.88 Å². The Kier molecular flexibility index (Phi) is 5.25. The molecule has 0 atom stereocenters. The first kappa shape index (κ1) is 14.4. The monoisotopic (exact) mass is 283 g/mol. The molecule has 1 fully saturated rings. The Morgan fingerprint density at radius 3 is 2.74 bits per heavy atom. The SMILES string of the molecule is CC(C)Oc1cncc(NCC2CCC(Cl)CC2)n1. The van der Waals surface area contributed by atoms with Crippen LogP contribution in [-0.2, 0) is 0 Å². The molecular formula is C14H22ClN3O. The Balaban J connectivity index is 1.82. The molecular weight excluding hydrogens is 262 g/mol. The predicted molar refractivity (Wildman–Crippen MR) is 77.9 cm³/mol. The van der Waals surface area contributed by atoms with Crippen molar-refractivity contribution >= 4 is 17.4 Å². The lowest BCUT2D eigenvalue weighted by Gasteiger charge is -2.25. The van der Waals surface area contributed by atoms with Crippen LogP contribution in [-0.4, -0.2) is 28.0 Å². The molecule has 0 aromatic carbocycles. The van der Waals surface area contributed by atoms with Gasteiger partial charge in [-0.15, -0.1) is 11.6 Å². The summed E-state index contributed by atoms with van der Waals surface area (Å²) in [5.41, 5.74) is 0. The van der Waals surface area contributed by atoms with Crippen LogP contribution in [0.1, 0.15) is 39.5 Å². The number of halogens is 1. The van der Waals surface area contributed by atoms with Gasteiger partial charge >= 0.3 is 0 Å². The average molecular weight is 284 g/mol. The van der Waals surface area contributed by atoms with Crippen LogP contribution in [0.4, 0.5) is 5.82 Å². The van der Waals surface area contributed by atoms with Crippen LogP contribution in [0.5, 0.6) is 5.88 Å². The fourth-order valence-electron chi connectivity index (χ4n) is 2.31. The Hall–Kier alpha value is -1.03. The van der Waals surface area contributed by atoms with E-state index in [0.717, 1.165) is 25.2 Å². The topological polar surface area (TPSA) is 47.0 Å². The molecule has 106 valence electrons. The summed E-state index contributed by atoms with van der Waals surface area (Å²) < 4.78 is 5.53. The number of ether oxygens (including phenoxy) is 1. The summed E-state index contributed by atoms with van der Waals surface area (Å²) in [6.45, 7) is 4.89. The van der Waals surface area contributed by atoms with Crippen LogP contribution in [0.25, 0.3) is 0 Å². The molecule has 0 unspecified atom stereocenters. The first-order chi connectivity index (χ1) is 9.13. The molecule has 1 aromatic heterocycles. The number of alkyl halides is 1. The molecule has 1 saturated carbocycles. The molecule has 2 rings (SSSR count). The third kappa shape index (κ3) is 4.86. The second-order valence-electron chi connectivity index (χ2n) is 5.41. The summed E-state index contributed by atoms with van der Waals surface area (Å²) in [7, 11) is 0. The lowest BCUT2D eigenvalue weighted by atomic mass is 9.89. The molecule has 0 radical (unpaired) electrons. The lowest BCUT2D eigenvalue weighted by molar-refractivity contribution is 0.232. The molecule has 19 heavy (non-hydrogen) atoms. The molecule has 5 heteroatoms. The zero-order valence-corrected chi connectivity index (χ0v) is 12.4. The largest absolute Gasteiger partial charge is 0.474 e. The quantitative estimate of drug-likeness (QED) is 0.841. The fraction of sp³-hybridized carbons (Fsp3) is 0.714. The van der Waals surface area contributed by atoms with Crippen molar-refractivity contribution in [1.29, 1.82) is 0 Å². The van der Waals surface area contributed by atoms with Crippen LogP contribution in [0, 0.1) is 5.92 Å². The van der Waals surface area contributed by atoms with Crippen LogP contribution in [0.3, 0.4) is 0 Å². The minimum absolute atomic E-state index is 0.114. The van der Waals surface area contributed by atoms with Gasteiger partial charge in [0.05, 0.1) is 18.5 Å². The smallest absolute Gasteiger partial charge is 0.234 e. The van der Waals surface area contributed by atoms with Crippen molar-refractivity contribution in [3.63, 3.8) is 0 Å². The minimum Gasteiger partial charge on any atom is -0.474 e. The Labute approximate surface area is 119 Å².